The summed E-state index contributed by atoms with van der Waals surface area (Å²) < 4.78 is 46.5. The lowest BCUT2D eigenvalue weighted by molar-refractivity contribution is -0.0507. The van der Waals surface area contributed by atoms with Gasteiger partial charge in [0.15, 0.2) is 5.82 Å². The Morgan fingerprint density at radius 2 is 2.00 bits per heavy atom. The molecule has 1 N–H and O–H groups in total. The van der Waals surface area contributed by atoms with Gasteiger partial charge in [-0.05, 0) is 34.1 Å². The molecule has 0 spiro atoms. The van der Waals surface area contributed by atoms with E-state index in [0.717, 1.165) is 0 Å². The quantitative estimate of drug-likeness (QED) is 0.685. The van der Waals surface area contributed by atoms with Crippen molar-refractivity contribution in [3.05, 3.63) is 58.1 Å². The van der Waals surface area contributed by atoms with Gasteiger partial charge in [-0.2, -0.15) is 8.78 Å². The summed E-state index contributed by atoms with van der Waals surface area (Å²) in [7, 11) is 0. The molecular formula is C17H12BrF3N2O2. The van der Waals surface area contributed by atoms with Gasteiger partial charge in [-0.3, -0.25) is 0 Å². The van der Waals surface area contributed by atoms with Crippen LogP contribution in [0.3, 0.4) is 0 Å². The van der Waals surface area contributed by atoms with Crippen LogP contribution in [0.15, 0.2) is 40.9 Å². The summed E-state index contributed by atoms with van der Waals surface area (Å²) in [5.41, 5.74) is 1.06. The fourth-order valence-corrected chi connectivity index (χ4v) is 3.66. The number of aromatic nitrogens is 2. The molecule has 0 saturated carbocycles. The average Bonchev–Trinajstić information content (AvgIpc) is 3.09. The minimum atomic E-state index is -2.97. The summed E-state index contributed by atoms with van der Waals surface area (Å²) in [6.07, 6.45) is -0.719. The third kappa shape index (κ3) is 2.60. The molecule has 1 aliphatic heterocycles. The maximum atomic E-state index is 14.7. The van der Waals surface area contributed by atoms with Gasteiger partial charge in [-0.15, -0.1) is 0 Å². The monoisotopic (exact) mass is 412 g/mol. The normalized spacial score (nSPS) is 19.6. The lowest BCUT2D eigenvalue weighted by Crippen LogP contribution is -2.11. The van der Waals surface area contributed by atoms with E-state index in [2.05, 4.69) is 25.7 Å². The SMILES string of the molecule is O[C@H]1CC(c2ccccc2OC(F)F)n2c1nc1ccc(Br)c(F)c12. The molecule has 4 rings (SSSR count). The van der Waals surface area contributed by atoms with Crippen molar-refractivity contribution in [1.29, 1.82) is 0 Å². The Bertz CT molecular complexity index is 960. The third-order valence-electron chi connectivity index (χ3n) is 4.32. The molecule has 1 unspecified atom stereocenters. The second kappa shape index (κ2) is 6.03. The van der Waals surface area contributed by atoms with E-state index in [1.807, 2.05) is 0 Å². The minimum absolute atomic E-state index is 0.000181. The van der Waals surface area contributed by atoms with Crippen molar-refractivity contribution in [2.75, 3.05) is 0 Å². The fraction of sp³-hybridized carbons (Fsp3) is 0.235. The van der Waals surface area contributed by atoms with E-state index >= 15 is 0 Å². The van der Waals surface area contributed by atoms with Gasteiger partial charge >= 0.3 is 6.61 Å². The number of ether oxygens (including phenoxy) is 1. The van der Waals surface area contributed by atoms with Crippen molar-refractivity contribution in [1.82, 2.24) is 9.55 Å². The van der Waals surface area contributed by atoms with Crippen LogP contribution in [0.2, 0.25) is 0 Å². The Morgan fingerprint density at radius 1 is 1.24 bits per heavy atom. The predicted molar refractivity (Wildman–Crippen MR) is 88.2 cm³/mol. The van der Waals surface area contributed by atoms with Gasteiger partial charge in [0.1, 0.15) is 23.2 Å². The molecule has 3 aromatic rings. The molecule has 25 heavy (non-hydrogen) atoms. The molecule has 4 nitrogen and oxygen atoms in total. The van der Waals surface area contributed by atoms with E-state index in [1.165, 1.54) is 12.1 Å². The molecular weight excluding hydrogens is 401 g/mol. The Kier molecular flexibility index (Phi) is 3.96. The van der Waals surface area contributed by atoms with Gasteiger partial charge in [-0.1, -0.05) is 18.2 Å². The molecule has 0 fully saturated rings. The molecule has 1 aromatic heterocycles. The zero-order valence-electron chi connectivity index (χ0n) is 12.7. The molecule has 0 bridgehead atoms. The molecule has 2 atom stereocenters. The van der Waals surface area contributed by atoms with Gasteiger partial charge in [0, 0.05) is 12.0 Å². The minimum Gasteiger partial charge on any atom is -0.434 e. The summed E-state index contributed by atoms with van der Waals surface area (Å²) in [4.78, 5) is 4.31. The van der Waals surface area contributed by atoms with E-state index < -0.39 is 24.6 Å². The first-order valence-electron chi connectivity index (χ1n) is 7.55. The topological polar surface area (TPSA) is 47.3 Å². The number of halogens is 4. The van der Waals surface area contributed by atoms with Crippen LogP contribution in [0.1, 0.15) is 30.0 Å². The third-order valence-corrected chi connectivity index (χ3v) is 4.93. The average molecular weight is 413 g/mol. The molecule has 1 aliphatic rings. The van der Waals surface area contributed by atoms with E-state index in [-0.39, 0.29) is 22.2 Å². The van der Waals surface area contributed by atoms with Crippen LogP contribution in [0.5, 0.6) is 5.75 Å². The summed E-state index contributed by atoms with van der Waals surface area (Å²) in [6.45, 7) is -2.97. The van der Waals surface area contributed by atoms with Crippen LogP contribution in [-0.2, 0) is 0 Å². The first kappa shape index (κ1) is 16.4. The zero-order chi connectivity index (χ0) is 17.7. The molecule has 0 aliphatic carbocycles. The number of fused-ring (bicyclic) bond motifs is 3. The number of hydrogen-bond acceptors (Lipinski definition) is 3. The van der Waals surface area contributed by atoms with Gasteiger partial charge in [0.25, 0.3) is 0 Å². The summed E-state index contributed by atoms with van der Waals surface area (Å²) in [6, 6.07) is 8.94. The molecule has 0 radical (unpaired) electrons. The number of imidazole rings is 1. The number of hydrogen-bond donors (Lipinski definition) is 1. The predicted octanol–water partition coefficient (Wildman–Crippen LogP) is 4.57. The first-order chi connectivity index (χ1) is 12.0. The van der Waals surface area contributed by atoms with Crippen LogP contribution in [0.4, 0.5) is 13.2 Å². The Morgan fingerprint density at radius 3 is 2.76 bits per heavy atom. The van der Waals surface area contributed by atoms with E-state index in [0.29, 0.717) is 16.9 Å². The molecule has 0 saturated heterocycles. The van der Waals surface area contributed by atoms with Gasteiger partial charge in [-0.25, -0.2) is 9.37 Å². The standard InChI is InChI=1S/C17H12BrF3N2O2/c18-9-5-6-10-15(14(9)19)23-11(7-12(24)16(23)22-10)8-3-1-2-4-13(8)25-17(20)21/h1-6,11-12,17,24H,7H2/t11?,12-/m0/s1. The number of aliphatic hydroxyl groups is 1. The maximum Gasteiger partial charge on any atom is 0.387 e. The Hall–Kier alpha value is -2.06. The lowest BCUT2D eigenvalue weighted by Gasteiger charge is -2.19. The molecule has 8 heteroatoms. The zero-order valence-corrected chi connectivity index (χ0v) is 14.3. The van der Waals surface area contributed by atoms with E-state index in [4.69, 9.17) is 0 Å². The number of benzene rings is 2. The van der Waals surface area contributed by atoms with Crippen molar-refractivity contribution >= 4 is 27.0 Å². The second-order valence-electron chi connectivity index (χ2n) is 5.75. The largest absolute Gasteiger partial charge is 0.434 e. The van der Waals surface area contributed by atoms with Crippen molar-refractivity contribution in [3.63, 3.8) is 0 Å². The summed E-state index contributed by atoms with van der Waals surface area (Å²) >= 11 is 3.15. The van der Waals surface area contributed by atoms with Gasteiger partial charge in [0.05, 0.1) is 16.0 Å². The highest BCUT2D eigenvalue weighted by Gasteiger charge is 2.36. The number of aliphatic hydroxyl groups excluding tert-OH is 1. The summed E-state index contributed by atoms with van der Waals surface area (Å²) in [5.74, 6) is -0.203. The van der Waals surface area contributed by atoms with Crippen molar-refractivity contribution in [2.24, 2.45) is 0 Å². The smallest absolute Gasteiger partial charge is 0.387 e. The first-order valence-corrected chi connectivity index (χ1v) is 8.34. The molecule has 2 heterocycles. The molecule has 0 amide bonds. The maximum absolute atomic E-state index is 14.7. The second-order valence-corrected chi connectivity index (χ2v) is 6.61. The van der Waals surface area contributed by atoms with Gasteiger partial charge < -0.3 is 14.4 Å². The number of rotatable bonds is 3. The highest BCUT2D eigenvalue weighted by Crippen LogP contribution is 2.44. The van der Waals surface area contributed by atoms with E-state index in [9.17, 15) is 18.3 Å². The van der Waals surface area contributed by atoms with Crippen LogP contribution >= 0.6 is 15.9 Å². The van der Waals surface area contributed by atoms with Crippen molar-refractivity contribution < 1.29 is 23.0 Å². The highest BCUT2D eigenvalue weighted by atomic mass is 79.9. The Balaban J connectivity index is 1.93. The van der Waals surface area contributed by atoms with Crippen LogP contribution in [0, 0.1) is 5.82 Å². The van der Waals surface area contributed by atoms with Crippen molar-refractivity contribution in [2.45, 2.75) is 25.2 Å². The van der Waals surface area contributed by atoms with Crippen LogP contribution in [0.25, 0.3) is 11.0 Å². The van der Waals surface area contributed by atoms with Crippen LogP contribution < -0.4 is 4.74 Å². The van der Waals surface area contributed by atoms with Crippen LogP contribution in [-0.4, -0.2) is 21.3 Å². The van der Waals surface area contributed by atoms with Gasteiger partial charge in [0.2, 0.25) is 0 Å². The number of para-hydroxylation sites is 1. The summed E-state index contributed by atoms with van der Waals surface area (Å²) in [5, 5.41) is 10.3. The lowest BCUT2D eigenvalue weighted by atomic mass is 10.0. The molecule has 130 valence electrons. The highest BCUT2D eigenvalue weighted by molar-refractivity contribution is 9.10. The van der Waals surface area contributed by atoms with E-state index in [1.54, 1.807) is 28.8 Å². The fourth-order valence-electron chi connectivity index (χ4n) is 3.34. The van der Waals surface area contributed by atoms with Crippen molar-refractivity contribution in [3.8, 4) is 5.75 Å². The number of nitrogens with zero attached hydrogens (tertiary/aromatic N) is 2. The molecule has 2 aromatic carbocycles. The number of alkyl halides is 2. The Labute approximate surface area is 149 Å².